The van der Waals surface area contributed by atoms with Crippen LogP contribution in [0, 0.1) is 16.7 Å². The first-order valence-electron chi connectivity index (χ1n) is 6.86. The van der Waals surface area contributed by atoms with Gasteiger partial charge in [0.15, 0.2) is 0 Å². The molecule has 1 heterocycles. The minimum Gasteiger partial charge on any atom is -0.305 e. The van der Waals surface area contributed by atoms with Gasteiger partial charge in [0.25, 0.3) is 0 Å². The molecular weight excluding hydrogens is 210 g/mol. The average molecular weight is 237 g/mol. The summed E-state index contributed by atoms with van der Waals surface area (Å²) in [5.41, 5.74) is -0.157. The van der Waals surface area contributed by atoms with Crippen molar-refractivity contribution in [2.75, 3.05) is 39.8 Å². The average Bonchev–Trinajstić information content (AvgIpc) is 2.79. The Hall–Kier alpha value is -0.590. The molecule has 0 radical (unpaired) electrons. The molecule has 3 heteroatoms. The van der Waals surface area contributed by atoms with Gasteiger partial charge in [0.2, 0.25) is 0 Å². The Labute approximate surface area is 106 Å². The Morgan fingerprint density at radius 3 is 2.47 bits per heavy atom. The molecule has 1 rings (SSSR count). The van der Waals surface area contributed by atoms with Crippen LogP contribution in [-0.2, 0) is 0 Å². The monoisotopic (exact) mass is 237 g/mol. The number of hydrogen-bond donors (Lipinski definition) is 0. The number of nitriles is 1. The van der Waals surface area contributed by atoms with Crippen molar-refractivity contribution >= 4 is 0 Å². The van der Waals surface area contributed by atoms with Crippen LogP contribution in [0.2, 0.25) is 0 Å². The summed E-state index contributed by atoms with van der Waals surface area (Å²) in [7, 11) is 2.19. The highest BCUT2D eigenvalue weighted by molar-refractivity contribution is 4.91. The molecule has 1 fully saturated rings. The van der Waals surface area contributed by atoms with Gasteiger partial charge in [0.05, 0.1) is 11.5 Å². The van der Waals surface area contributed by atoms with Gasteiger partial charge in [-0.05, 0) is 66.2 Å². The smallest absolute Gasteiger partial charge is 0.0683 e. The van der Waals surface area contributed by atoms with Crippen LogP contribution in [0.15, 0.2) is 0 Å². The van der Waals surface area contributed by atoms with Crippen molar-refractivity contribution in [2.24, 2.45) is 5.41 Å². The zero-order valence-electron chi connectivity index (χ0n) is 11.7. The van der Waals surface area contributed by atoms with E-state index in [-0.39, 0.29) is 5.41 Å². The van der Waals surface area contributed by atoms with E-state index in [0.29, 0.717) is 0 Å². The number of nitrogens with zero attached hydrogens (tertiary/aromatic N) is 3. The molecule has 17 heavy (non-hydrogen) atoms. The van der Waals surface area contributed by atoms with Crippen molar-refractivity contribution in [1.82, 2.24) is 9.80 Å². The molecule has 0 N–H and O–H groups in total. The molecule has 0 unspecified atom stereocenters. The molecule has 1 saturated heterocycles. The van der Waals surface area contributed by atoms with E-state index in [0.717, 1.165) is 25.9 Å². The highest BCUT2D eigenvalue weighted by Crippen LogP contribution is 2.20. The molecular formula is C14H27N3. The van der Waals surface area contributed by atoms with Crippen LogP contribution < -0.4 is 0 Å². The lowest BCUT2D eigenvalue weighted by molar-refractivity contribution is 0.247. The van der Waals surface area contributed by atoms with Crippen molar-refractivity contribution in [1.29, 1.82) is 5.26 Å². The highest BCUT2D eigenvalue weighted by atomic mass is 15.2. The maximum absolute atomic E-state index is 8.94. The van der Waals surface area contributed by atoms with Gasteiger partial charge in [-0.1, -0.05) is 0 Å². The summed E-state index contributed by atoms with van der Waals surface area (Å²) in [5.74, 6) is 0. The summed E-state index contributed by atoms with van der Waals surface area (Å²) in [6.45, 7) is 10.1. The van der Waals surface area contributed by atoms with Crippen LogP contribution in [-0.4, -0.2) is 49.6 Å². The lowest BCUT2D eigenvalue weighted by Crippen LogP contribution is -2.32. The van der Waals surface area contributed by atoms with Crippen LogP contribution in [0.3, 0.4) is 0 Å². The SMILES string of the molecule is CN(CCCC(C)(C)C#N)CCN1CCCC1. The maximum Gasteiger partial charge on any atom is 0.0683 e. The zero-order chi connectivity index (χ0) is 12.7. The summed E-state index contributed by atoms with van der Waals surface area (Å²) in [5, 5.41) is 8.94. The molecule has 0 atom stereocenters. The number of likely N-dealkylation sites (N-methyl/N-ethyl adjacent to an activating group) is 1. The summed E-state index contributed by atoms with van der Waals surface area (Å²) in [6.07, 6.45) is 4.87. The van der Waals surface area contributed by atoms with Crippen LogP contribution in [0.4, 0.5) is 0 Å². The first-order valence-corrected chi connectivity index (χ1v) is 6.86. The molecule has 0 aromatic heterocycles. The minimum absolute atomic E-state index is 0.157. The molecule has 0 bridgehead atoms. The van der Waals surface area contributed by atoms with E-state index in [1.807, 2.05) is 13.8 Å². The first kappa shape index (κ1) is 14.5. The summed E-state index contributed by atoms with van der Waals surface area (Å²) in [4.78, 5) is 4.95. The normalized spacial score (nSPS) is 17.6. The Balaban J connectivity index is 2.05. The fourth-order valence-corrected chi connectivity index (χ4v) is 2.28. The number of rotatable bonds is 7. The second kappa shape index (κ2) is 6.98. The van der Waals surface area contributed by atoms with Gasteiger partial charge in [0, 0.05) is 13.1 Å². The highest BCUT2D eigenvalue weighted by Gasteiger charge is 2.16. The molecule has 98 valence electrons. The molecule has 0 amide bonds. The summed E-state index contributed by atoms with van der Waals surface area (Å²) in [6, 6.07) is 2.37. The van der Waals surface area contributed by atoms with Gasteiger partial charge in [0.1, 0.15) is 0 Å². The largest absolute Gasteiger partial charge is 0.305 e. The van der Waals surface area contributed by atoms with Crippen molar-refractivity contribution in [3.8, 4) is 6.07 Å². The lowest BCUT2D eigenvalue weighted by Gasteiger charge is -2.22. The van der Waals surface area contributed by atoms with Gasteiger partial charge in [-0.3, -0.25) is 0 Å². The Bertz CT molecular complexity index is 249. The van der Waals surface area contributed by atoms with E-state index in [4.69, 9.17) is 5.26 Å². The third-order valence-electron chi connectivity index (χ3n) is 3.64. The fraction of sp³-hybridized carbons (Fsp3) is 0.929. The van der Waals surface area contributed by atoms with Crippen LogP contribution in [0.5, 0.6) is 0 Å². The molecule has 1 aliphatic rings. The quantitative estimate of drug-likeness (QED) is 0.681. The first-order chi connectivity index (χ1) is 8.03. The third kappa shape index (κ3) is 6.05. The molecule has 3 nitrogen and oxygen atoms in total. The van der Waals surface area contributed by atoms with Crippen molar-refractivity contribution in [3.63, 3.8) is 0 Å². The van der Waals surface area contributed by atoms with Gasteiger partial charge in [-0.25, -0.2) is 0 Å². The second-order valence-corrected chi connectivity index (χ2v) is 5.95. The van der Waals surface area contributed by atoms with Gasteiger partial charge >= 0.3 is 0 Å². The number of likely N-dealkylation sites (tertiary alicyclic amines) is 1. The Morgan fingerprint density at radius 2 is 1.88 bits per heavy atom. The predicted molar refractivity (Wildman–Crippen MR) is 71.8 cm³/mol. The Morgan fingerprint density at radius 1 is 1.24 bits per heavy atom. The van der Waals surface area contributed by atoms with Crippen LogP contribution in [0.25, 0.3) is 0 Å². The summed E-state index contributed by atoms with van der Waals surface area (Å²) < 4.78 is 0. The van der Waals surface area contributed by atoms with E-state index in [9.17, 15) is 0 Å². The molecule has 0 saturated carbocycles. The van der Waals surface area contributed by atoms with Crippen LogP contribution in [0.1, 0.15) is 39.5 Å². The van der Waals surface area contributed by atoms with E-state index in [1.165, 1.54) is 32.5 Å². The number of hydrogen-bond acceptors (Lipinski definition) is 3. The van der Waals surface area contributed by atoms with E-state index in [1.54, 1.807) is 0 Å². The van der Waals surface area contributed by atoms with Crippen molar-refractivity contribution < 1.29 is 0 Å². The maximum atomic E-state index is 8.94. The molecule has 0 aromatic rings. The van der Waals surface area contributed by atoms with E-state index >= 15 is 0 Å². The van der Waals surface area contributed by atoms with Gasteiger partial charge < -0.3 is 9.80 Å². The third-order valence-corrected chi connectivity index (χ3v) is 3.64. The van der Waals surface area contributed by atoms with Crippen molar-refractivity contribution in [2.45, 2.75) is 39.5 Å². The molecule has 0 aliphatic carbocycles. The Kier molecular flexibility index (Phi) is 5.94. The topological polar surface area (TPSA) is 30.3 Å². The standard InChI is InChI=1S/C14H27N3/c1-14(2,13-15)7-6-8-16(3)11-12-17-9-4-5-10-17/h4-12H2,1-3H3. The van der Waals surface area contributed by atoms with E-state index in [2.05, 4.69) is 22.9 Å². The second-order valence-electron chi connectivity index (χ2n) is 5.95. The summed E-state index contributed by atoms with van der Waals surface area (Å²) >= 11 is 0. The van der Waals surface area contributed by atoms with E-state index < -0.39 is 0 Å². The predicted octanol–water partition coefficient (Wildman–Crippen LogP) is 2.34. The molecule has 1 aliphatic heterocycles. The molecule has 0 spiro atoms. The van der Waals surface area contributed by atoms with Crippen LogP contribution >= 0.6 is 0 Å². The molecule has 0 aromatic carbocycles. The lowest BCUT2D eigenvalue weighted by atomic mass is 9.90. The fourth-order valence-electron chi connectivity index (χ4n) is 2.28. The van der Waals surface area contributed by atoms with Gasteiger partial charge in [-0.2, -0.15) is 5.26 Å². The van der Waals surface area contributed by atoms with Crippen molar-refractivity contribution in [3.05, 3.63) is 0 Å². The zero-order valence-corrected chi connectivity index (χ0v) is 11.7. The minimum atomic E-state index is -0.157. The van der Waals surface area contributed by atoms with Gasteiger partial charge in [-0.15, -0.1) is 0 Å².